The molecular formula is C19H25N7O2. The van der Waals surface area contributed by atoms with Crippen molar-refractivity contribution in [3.05, 3.63) is 40.4 Å². The van der Waals surface area contributed by atoms with Gasteiger partial charge < -0.3 is 14.7 Å². The van der Waals surface area contributed by atoms with Crippen molar-refractivity contribution in [2.45, 2.75) is 26.3 Å². The number of carbonyl (C=O) groups excluding carboxylic acids is 1. The first-order chi connectivity index (χ1) is 13.6. The van der Waals surface area contributed by atoms with Gasteiger partial charge in [0, 0.05) is 63.3 Å². The molecule has 0 spiro atoms. The van der Waals surface area contributed by atoms with Gasteiger partial charge in [0.25, 0.3) is 5.56 Å². The van der Waals surface area contributed by atoms with Crippen LogP contribution in [0.25, 0.3) is 0 Å². The van der Waals surface area contributed by atoms with E-state index in [1.165, 1.54) is 29.8 Å². The van der Waals surface area contributed by atoms with Crippen LogP contribution in [0.4, 0.5) is 11.8 Å². The van der Waals surface area contributed by atoms with E-state index in [-0.39, 0.29) is 18.0 Å². The molecule has 0 bridgehead atoms. The topological polar surface area (TPSA) is 87.5 Å². The maximum atomic E-state index is 12.5. The Kier molecular flexibility index (Phi) is 5.23. The maximum absolute atomic E-state index is 12.5. The third kappa shape index (κ3) is 3.97. The minimum absolute atomic E-state index is 0.0224. The Hall–Kier alpha value is -2.97. The van der Waals surface area contributed by atoms with Gasteiger partial charge in [-0.2, -0.15) is 10.1 Å². The molecule has 0 saturated carbocycles. The lowest BCUT2D eigenvalue weighted by Gasteiger charge is -2.35. The quantitative estimate of drug-likeness (QED) is 0.750. The Morgan fingerprint density at radius 2 is 1.79 bits per heavy atom. The number of anilines is 2. The molecule has 28 heavy (non-hydrogen) atoms. The van der Waals surface area contributed by atoms with Gasteiger partial charge in [0.1, 0.15) is 12.4 Å². The van der Waals surface area contributed by atoms with Crippen LogP contribution in [-0.2, 0) is 11.3 Å². The van der Waals surface area contributed by atoms with Gasteiger partial charge in [-0.15, -0.1) is 0 Å². The molecule has 0 N–H and O–H groups in total. The molecule has 9 heteroatoms. The first-order valence-corrected chi connectivity index (χ1v) is 9.76. The molecule has 0 aliphatic carbocycles. The molecule has 148 valence electrons. The average Bonchev–Trinajstić information content (AvgIpc) is 3.24. The lowest BCUT2D eigenvalue weighted by molar-refractivity contribution is -0.132. The molecule has 4 heterocycles. The Labute approximate surface area is 163 Å². The Balaban J connectivity index is 1.39. The Morgan fingerprint density at radius 3 is 2.50 bits per heavy atom. The summed E-state index contributed by atoms with van der Waals surface area (Å²) in [7, 11) is 0. The molecular weight excluding hydrogens is 358 g/mol. The number of rotatable bonds is 4. The monoisotopic (exact) mass is 383 g/mol. The van der Waals surface area contributed by atoms with Crippen molar-refractivity contribution >= 4 is 17.7 Å². The summed E-state index contributed by atoms with van der Waals surface area (Å²) >= 11 is 0. The third-order valence-electron chi connectivity index (χ3n) is 5.24. The summed E-state index contributed by atoms with van der Waals surface area (Å²) < 4.78 is 1.20. The van der Waals surface area contributed by atoms with Crippen molar-refractivity contribution in [2.24, 2.45) is 0 Å². The normalized spacial score (nSPS) is 17.2. The number of carbonyl (C=O) groups is 1. The van der Waals surface area contributed by atoms with E-state index in [1.54, 1.807) is 11.0 Å². The molecule has 2 saturated heterocycles. The van der Waals surface area contributed by atoms with Gasteiger partial charge in [-0.1, -0.05) is 0 Å². The molecule has 2 aliphatic rings. The van der Waals surface area contributed by atoms with Crippen molar-refractivity contribution in [3.63, 3.8) is 0 Å². The fraction of sp³-hybridized carbons (Fsp3) is 0.526. The highest BCUT2D eigenvalue weighted by Gasteiger charge is 2.24. The van der Waals surface area contributed by atoms with Crippen molar-refractivity contribution < 1.29 is 4.79 Å². The lowest BCUT2D eigenvalue weighted by atomic mass is 10.3. The fourth-order valence-electron chi connectivity index (χ4n) is 3.68. The number of nitrogens with zero attached hydrogens (tertiary/aromatic N) is 7. The van der Waals surface area contributed by atoms with Crippen LogP contribution < -0.4 is 15.4 Å². The van der Waals surface area contributed by atoms with E-state index in [0.717, 1.165) is 30.5 Å². The molecule has 4 rings (SSSR count). The molecule has 0 aromatic carbocycles. The molecule has 2 fully saturated rings. The van der Waals surface area contributed by atoms with E-state index in [1.807, 2.05) is 13.0 Å². The second-order valence-corrected chi connectivity index (χ2v) is 7.25. The van der Waals surface area contributed by atoms with E-state index >= 15 is 0 Å². The van der Waals surface area contributed by atoms with Gasteiger partial charge in [0.15, 0.2) is 0 Å². The van der Waals surface area contributed by atoms with Gasteiger partial charge in [0.2, 0.25) is 11.9 Å². The molecule has 0 unspecified atom stereocenters. The molecule has 0 radical (unpaired) electrons. The highest BCUT2D eigenvalue weighted by molar-refractivity contribution is 5.76. The standard InChI is InChI=1S/C19H25N7O2/c1-15-13-16(22-19(21-15)25-7-2-3-8-25)23-9-11-24(12-10-23)18(28)14-26-17(27)5-4-6-20-26/h4-6,13H,2-3,7-12,14H2,1H3. The second kappa shape index (κ2) is 7.95. The zero-order chi connectivity index (χ0) is 19.5. The highest BCUT2D eigenvalue weighted by Crippen LogP contribution is 2.21. The van der Waals surface area contributed by atoms with Crippen LogP contribution in [-0.4, -0.2) is 69.8 Å². The van der Waals surface area contributed by atoms with E-state index in [4.69, 9.17) is 4.98 Å². The summed E-state index contributed by atoms with van der Waals surface area (Å²) in [6.45, 7) is 6.61. The van der Waals surface area contributed by atoms with Crippen LogP contribution in [0.15, 0.2) is 29.2 Å². The summed E-state index contributed by atoms with van der Waals surface area (Å²) in [5.41, 5.74) is 0.695. The van der Waals surface area contributed by atoms with E-state index < -0.39 is 0 Å². The molecule has 0 atom stereocenters. The predicted octanol–water partition coefficient (Wildman–Crippen LogP) is 0.291. The fourth-order valence-corrected chi connectivity index (χ4v) is 3.68. The zero-order valence-corrected chi connectivity index (χ0v) is 16.1. The van der Waals surface area contributed by atoms with Crippen LogP contribution in [0.5, 0.6) is 0 Å². The molecule has 1 amide bonds. The van der Waals surface area contributed by atoms with Gasteiger partial charge in [0.05, 0.1) is 0 Å². The summed E-state index contributed by atoms with van der Waals surface area (Å²) in [6.07, 6.45) is 3.89. The number of piperazine rings is 1. The van der Waals surface area contributed by atoms with Crippen LogP contribution in [0.3, 0.4) is 0 Å². The van der Waals surface area contributed by atoms with Gasteiger partial charge >= 0.3 is 0 Å². The lowest BCUT2D eigenvalue weighted by Crippen LogP contribution is -2.50. The van der Waals surface area contributed by atoms with E-state index in [2.05, 4.69) is 19.9 Å². The average molecular weight is 383 g/mol. The van der Waals surface area contributed by atoms with Crippen molar-refractivity contribution in [3.8, 4) is 0 Å². The van der Waals surface area contributed by atoms with Crippen LogP contribution in [0.1, 0.15) is 18.5 Å². The van der Waals surface area contributed by atoms with Crippen LogP contribution in [0, 0.1) is 6.92 Å². The van der Waals surface area contributed by atoms with Crippen LogP contribution >= 0.6 is 0 Å². The predicted molar refractivity (Wildman–Crippen MR) is 106 cm³/mol. The third-order valence-corrected chi connectivity index (χ3v) is 5.24. The summed E-state index contributed by atoms with van der Waals surface area (Å²) in [4.78, 5) is 39.9. The number of hydrogen-bond acceptors (Lipinski definition) is 7. The highest BCUT2D eigenvalue weighted by atomic mass is 16.2. The van der Waals surface area contributed by atoms with Gasteiger partial charge in [-0.05, 0) is 25.8 Å². The number of hydrogen-bond donors (Lipinski definition) is 0. The van der Waals surface area contributed by atoms with E-state index in [9.17, 15) is 9.59 Å². The smallest absolute Gasteiger partial charge is 0.267 e. The molecule has 9 nitrogen and oxygen atoms in total. The maximum Gasteiger partial charge on any atom is 0.267 e. The summed E-state index contributed by atoms with van der Waals surface area (Å²) in [5, 5.41) is 3.96. The Bertz CT molecular complexity index is 899. The largest absolute Gasteiger partial charge is 0.353 e. The van der Waals surface area contributed by atoms with Crippen LogP contribution in [0.2, 0.25) is 0 Å². The summed E-state index contributed by atoms with van der Waals surface area (Å²) in [5.74, 6) is 1.64. The first-order valence-electron chi connectivity index (χ1n) is 9.76. The summed E-state index contributed by atoms with van der Waals surface area (Å²) in [6, 6.07) is 4.99. The van der Waals surface area contributed by atoms with Gasteiger partial charge in [-0.3, -0.25) is 9.59 Å². The minimum Gasteiger partial charge on any atom is -0.353 e. The SMILES string of the molecule is Cc1cc(N2CCN(C(=O)Cn3ncccc3=O)CC2)nc(N2CCCC2)n1. The minimum atomic E-state index is -0.264. The number of amides is 1. The second-order valence-electron chi connectivity index (χ2n) is 7.25. The molecule has 2 aromatic heterocycles. The van der Waals surface area contributed by atoms with Crippen molar-refractivity contribution in [1.82, 2.24) is 24.6 Å². The van der Waals surface area contributed by atoms with Crippen molar-refractivity contribution in [2.75, 3.05) is 49.1 Å². The number of aryl methyl sites for hydroxylation is 1. The molecule has 2 aromatic rings. The van der Waals surface area contributed by atoms with E-state index in [0.29, 0.717) is 26.2 Å². The van der Waals surface area contributed by atoms with Crippen molar-refractivity contribution in [1.29, 1.82) is 0 Å². The Morgan fingerprint density at radius 1 is 1.04 bits per heavy atom. The van der Waals surface area contributed by atoms with Gasteiger partial charge in [-0.25, -0.2) is 9.67 Å². The number of aromatic nitrogens is 4. The molecule has 2 aliphatic heterocycles. The zero-order valence-electron chi connectivity index (χ0n) is 16.1. The first kappa shape index (κ1) is 18.4.